The maximum absolute atomic E-state index is 11.3. The third-order valence-electron chi connectivity index (χ3n) is 2.81. The molecule has 0 N–H and O–H groups in total. The van der Waals surface area contributed by atoms with Gasteiger partial charge in [0, 0.05) is 6.92 Å². The van der Waals surface area contributed by atoms with Crippen LogP contribution in [0.15, 0.2) is 18.2 Å². The van der Waals surface area contributed by atoms with Crippen LogP contribution in [0.2, 0.25) is 0 Å². The van der Waals surface area contributed by atoms with E-state index < -0.39 is 0 Å². The normalized spacial score (nSPS) is 10.6. The first-order chi connectivity index (χ1) is 8.00. The molecule has 17 heavy (non-hydrogen) atoms. The van der Waals surface area contributed by atoms with Crippen LogP contribution in [0.4, 0.5) is 0 Å². The van der Waals surface area contributed by atoms with Crippen molar-refractivity contribution in [3.8, 4) is 5.69 Å². The number of rotatable bonds is 2. The molecule has 0 aliphatic carbocycles. The molecular formula is C13H15N3O. The zero-order chi connectivity index (χ0) is 12.6. The fraction of sp³-hybridized carbons (Fsp3) is 0.308. The summed E-state index contributed by atoms with van der Waals surface area (Å²) in [4.78, 5) is 11.3. The average Bonchev–Trinajstić information content (AvgIpc) is 2.60. The van der Waals surface area contributed by atoms with Gasteiger partial charge in [0.1, 0.15) is 0 Å². The number of hydrogen-bond acceptors (Lipinski definition) is 3. The zero-order valence-corrected chi connectivity index (χ0v) is 10.5. The first-order valence-electron chi connectivity index (χ1n) is 5.51. The Kier molecular flexibility index (Phi) is 2.79. The van der Waals surface area contributed by atoms with Gasteiger partial charge in [-0.2, -0.15) is 0 Å². The maximum Gasteiger partial charge on any atom is 0.181 e. The lowest BCUT2D eigenvalue weighted by molar-refractivity contribution is 0.101. The Bertz CT molecular complexity index is 584. The topological polar surface area (TPSA) is 47.8 Å². The summed E-state index contributed by atoms with van der Waals surface area (Å²) in [6, 6.07) is 6.11. The van der Waals surface area contributed by atoms with Crippen LogP contribution in [0, 0.1) is 20.8 Å². The van der Waals surface area contributed by atoms with Gasteiger partial charge in [-0.15, -0.1) is 5.10 Å². The highest BCUT2D eigenvalue weighted by Crippen LogP contribution is 2.17. The summed E-state index contributed by atoms with van der Waals surface area (Å²) in [5.41, 5.74) is 4.51. The van der Waals surface area contributed by atoms with Crippen molar-refractivity contribution in [2.45, 2.75) is 27.7 Å². The highest BCUT2D eigenvalue weighted by Gasteiger charge is 2.14. The predicted molar refractivity (Wildman–Crippen MR) is 65.6 cm³/mol. The summed E-state index contributed by atoms with van der Waals surface area (Å²) < 4.78 is 1.71. The monoisotopic (exact) mass is 229 g/mol. The van der Waals surface area contributed by atoms with Crippen LogP contribution in [0.5, 0.6) is 0 Å². The second-order valence-corrected chi connectivity index (χ2v) is 4.28. The van der Waals surface area contributed by atoms with Crippen LogP contribution in [0.25, 0.3) is 5.69 Å². The molecule has 1 aromatic heterocycles. The van der Waals surface area contributed by atoms with Gasteiger partial charge in [-0.05, 0) is 32.4 Å². The Morgan fingerprint density at radius 2 is 1.94 bits per heavy atom. The van der Waals surface area contributed by atoms with Crippen LogP contribution in [0.3, 0.4) is 0 Å². The van der Waals surface area contributed by atoms with Crippen molar-refractivity contribution in [3.05, 3.63) is 40.7 Å². The van der Waals surface area contributed by atoms with Gasteiger partial charge in [0.05, 0.1) is 11.4 Å². The van der Waals surface area contributed by atoms with E-state index in [2.05, 4.69) is 16.4 Å². The van der Waals surface area contributed by atoms with Crippen molar-refractivity contribution < 1.29 is 4.79 Å². The highest BCUT2D eigenvalue weighted by molar-refractivity contribution is 5.93. The Balaban J connectivity index is 2.57. The van der Waals surface area contributed by atoms with E-state index in [0.29, 0.717) is 5.69 Å². The fourth-order valence-electron chi connectivity index (χ4n) is 1.93. The third kappa shape index (κ3) is 1.98. The number of Topliss-reactive ketones (excluding diaryl/α,β-unsaturated/α-hetero) is 1. The minimum absolute atomic E-state index is 0.0569. The molecule has 88 valence electrons. The van der Waals surface area contributed by atoms with E-state index >= 15 is 0 Å². The molecule has 2 aromatic rings. The zero-order valence-electron chi connectivity index (χ0n) is 10.5. The largest absolute Gasteiger partial charge is 0.293 e. The Labute approximate surface area is 100 Å². The van der Waals surface area contributed by atoms with Gasteiger partial charge in [-0.1, -0.05) is 22.9 Å². The van der Waals surface area contributed by atoms with Gasteiger partial charge in [0.25, 0.3) is 0 Å². The maximum atomic E-state index is 11.3. The molecule has 4 heteroatoms. The molecule has 0 saturated heterocycles. The summed E-state index contributed by atoms with van der Waals surface area (Å²) >= 11 is 0. The van der Waals surface area contributed by atoms with Crippen molar-refractivity contribution >= 4 is 5.78 Å². The molecule has 1 aromatic carbocycles. The van der Waals surface area contributed by atoms with E-state index in [4.69, 9.17) is 0 Å². The molecule has 0 bridgehead atoms. The molecule has 0 unspecified atom stereocenters. The number of nitrogens with zero attached hydrogens (tertiary/aromatic N) is 3. The number of carbonyl (C=O) groups excluding carboxylic acids is 1. The molecule has 0 aliphatic heterocycles. The SMILES string of the molecule is CC(=O)c1nnn(-c2ccc(C)cc2C)c1C. The van der Waals surface area contributed by atoms with Crippen molar-refractivity contribution in [1.82, 2.24) is 15.0 Å². The molecule has 4 nitrogen and oxygen atoms in total. The first kappa shape index (κ1) is 11.5. The smallest absolute Gasteiger partial charge is 0.181 e. The van der Waals surface area contributed by atoms with Crippen LogP contribution >= 0.6 is 0 Å². The molecular weight excluding hydrogens is 214 g/mol. The van der Waals surface area contributed by atoms with Crippen LogP contribution in [-0.4, -0.2) is 20.8 Å². The second kappa shape index (κ2) is 4.13. The minimum Gasteiger partial charge on any atom is -0.293 e. The Hall–Kier alpha value is -1.97. The lowest BCUT2D eigenvalue weighted by atomic mass is 10.1. The lowest BCUT2D eigenvalue weighted by Gasteiger charge is -2.07. The number of aryl methyl sites for hydroxylation is 2. The number of carbonyl (C=O) groups is 1. The molecule has 0 radical (unpaired) electrons. The molecule has 0 saturated carbocycles. The Morgan fingerprint density at radius 3 is 2.47 bits per heavy atom. The van der Waals surface area contributed by atoms with E-state index in [0.717, 1.165) is 16.9 Å². The summed E-state index contributed by atoms with van der Waals surface area (Å²) in [6.07, 6.45) is 0. The Morgan fingerprint density at radius 1 is 1.24 bits per heavy atom. The van der Waals surface area contributed by atoms with Crippen molar-refractivity contribution in [2.75, 3.05) is 0 Å². The number of aromatic nitrogens is 3. The number of benzene rings is 1. The van der Waals surface area contributed by atoms with E-state index in [1.165, 1.54) is 12.5 Å². The quantitative estimate of drug-likeness (QED) is 0.743. The molecule has 0 atom stereocenters. The average molecular weight is 229 g/mol. The van der Waals surface area contributed by atoms with E-state index in [-0.39, 0.29) is 5.78 Å². The fourth-order valence-corrected chi connectivity index (χ4v) is 1.93. The number of ketones is 1. The van der Waals surface area contributed by atoms with Gasteiger partial charge in [0.15, 0.2) is 11.5 Å². The van der Waals surface area contributed by atoms with Crippen LogP contribution in [0.1, 0.15) is 34.2 Å². The van der Waals surface area contributed by atoms with Crippen LogP contribution in [-0.2, 0) is 0 Å². The van der Waals surface area contributed by atoms with Crippen molar-refractivity contribution in [2.24, 2.45) is 0 Å². The predicted octanol–water partition coefficient (Wildman–Crippen LogP) is 2.40. The van der Waals surface area contributed by atoms with Crippen molar-refractivity contribution in [1.29, 1.82) is 0 Å². The van der Waals surface area contributed by atoms with Gasteiger partial charge >= 0.3 is 0 Å². The first-order valence-corrected chi connectivity index (χ1v) is 5.51. The molecule has 0 fully saturated rings. The highest BCUT2D eigenvalue weighted by atomic mass is 16.1. The molecule has 1 heterocycles. The van der Waals surface area contributed by atoms with E-state index in [1.807, 2.05) is 32.9 Å². The standard InChI is InChI=1S/C13H15N3O/c1-8-5-6-12(9(2)7-8)16-10(3)13(11(4)17)14-15-16/h5-7H,1-4H3. The van der Waals surface area contributed by atoms with Crippen molar-refractivity contribution in [3.63, 3.8) is 0 Å². The summed E-state index contributed by atoms with van der Waals surface area (Å²) in [5, 5.41) is 7.96. The lowest BCUT2D eigenvalue weighted by Crippen LogP contribution is -2.03. The van der Waals surface area contributed by atoms with Gasteiger partial charge in [-0.25, -0.2) is 4.68 Å². The van der Waals surface area contributed by atoms with Gasteiger partial charge in [0.2, 0.25) is 0 Å². The second-order valence-electron chi connectivity index (χ2n) is 4.28. The molecule has 0 spiro atoms. The summed E-state index contributed by atoms with van der Waals surface area (Å²) in [5.74, 6) is -0.0569. The number of hydrogen-bond donors (Lipinski definition) is 0. The summed E-state index contributed by atoms with van der Waals surface area (Å²) in [7, 11) is 0. The van der Waals surface area contributed by atoms with E-state index in [1.54, 1.807) is 4.68 Å². The summed E-state index contributed by atoms with van der Waals surface area (Å²) in [6.45, 7) is 7.43. The molecule has 0 amide bonds. The third-order valence-corrected chi connectivity index (χ3v) is 2.81. The van der Waals surface area contributed by atoms with Gasteiger partial charge in [-0.3, -0.25) is 4.79 Å². The molecule has 2 rings (SSSR count). The van der Waals surface area contributed by atoms with E-state index in [9.17, 15) is 4.79 Å². The van der Waals surface area contributed by atoms with Crippen LogP contribution < -0.4 is 0 Å². The van der Waals surface area contributed by atoms with Gasteiger partial charge < -0.3 is 0 Å². The minimum atomic E-state index is -0.0569. The molecule has 0 aliphatic rings.